The van der Waals surface area contributed by atoms with E-state index in [4.69, 9.17) is 0 Å². The van der Waals surface area contributed by atoms with Crippen LogP contribution in [0.2, 0.25) is 0 Å². The predicted octanol–water partition coefficient (Wildman–Crippen LogP) is 2.37. The van der Waals surface area contributed by atoms with E-state index in [1.54, 1.807) is 0 Å². The van der Waals surface area contributed by atoms with Crippen molar-refractivity contribution in [3.63, 3.8) is 0 Å². The summed E-state index contributed by atoms with van der Waals surface area (Å²) >= 11 is 0. The summed E-state index contributed by atoms with van der Waals surface area (Å²) in [7, 11) is 1.33. The predicted molar refractivity (Wildman–Crippen MR) is 67.3 cm³/mol. The summed E-state index contributed by atoms with van der Waals surface area (Å²) in [6.07, 6.45) is 0.515. The lowest BCUT2D eigenvalue weighted by Gasteiger charge is -2.27. The average Bonchev–Trinajstić information content (AvgIpc) is 2.89. The van der Waals surface area contributed by atoms with Crippen LogP contribution in [0.3, 0.4) is 0 Å². The monoisotopic (exact) mass is 297 g/mol. The van der Waals surface area contributed by atoms with Gasteiger partial charge in [0.05, 0.1) is 13.7 Å². The van der Waals surface area contributed by atoms with E-state index in [9.17, 15) is 18.0 Å². The molecule has 0 unspecified atom stereocenters. The lowest BCUT2D eigenvalue weighted by atomic mass is 10.2. The van der Waals surface area contributed by atoms with Gasteiger partial charge >= 0.3 is 12.1 Å². The van der Waals surface area contributed by atoms with Gasteiger partial charge in [0.2, 0.25) is 0 Å². The van der Waals surface area contributed by atoms with E-state index in [1.807, 2.05) is 4.90 Å². The second kappa shape index (κ2) is 8.46. The van der Waals surface area contributed by atoms with Gasteiger partial charge in [0, 0.05) is 19.2 Å². The largest absolute Gasteiger partial charge is 0.468 e. The minimum absolute atomic E-state index is 0.0455. The molecule has 0 saturated heterocycles. The van der Waals surface area contributed by atoms with Crippen molar-refractivity contribution < 1.29 is 27.4 Å². The maximum Gasteiger partial charge on any atom is 0.411 e. The summed E-state index contributed by atoms with van der Waals surface area (Å²) in [4.78, 5) is 13.4. The first-order valence-corrected chi connectivity index (χ1v) is 6.88. The van der Waals surface area contributed by atoms with Gasteiger partial charge in [-0.1, -0.05) is 12.8 Å². The molecule has 118 valence electrons. The fraction of sp³-hybridized carbons (Fsp3) is 0.923. The highest BCUT2D eigenvalue weighted by atomic mass is 19.4. The molecule has 0 radical (unpaired) electrons. The van der Waals surface area contributed by atoms with Gasteiger partial charge in [0.25, 0.3) is 0 Å². The maximum atomic E-state index is 11.9. The van der Waals surface area contributed by atoms with E-state index >= 15 is 0 Å². The SMILES string of the molecule is COC(=O)CN(CCCOCC(F)(F)F)C1CCCC1. The first kappa shape index (κ1) is 17.2. The van der Waals surface area contributed by atoms with Gasteiger partial charge in [0.1, 0.15) is 6.61 Å². The molecule has 1 saturated carbocycles. The quantitative estimate of drug-likeness (QED) is 0.509. The van der Waals surface area contributed by atoms with Gasteiger partial charge in [0.15, 0.2) is 0 Å². The zero-order valence-electron chi connectivity index (χ0n) is 11.7. The second-order valence-corrected chi connectivity index (χ2v) is 5.01. The molecule has 0 N–H and O–H groups in total. The molecule has 1 rings (SSSR count). The molecule has 0 spiro atoms. The molecular weight excluding hydrogens is 275 g/mol. The number of hydrogen-bond donors (Lipinski definition) is 0. The first-order valence-electron chi connectivity index (χ1n) is 6.88. The van der Waals surface area contributed by atoms with Crippen molar-refractivity contribution in [3.05, 3.63) is 0 Å². The van der Waals surface area contributed by atoms with Crippen LogP contribution < -0.4 is 0 Å². The number of ether oxygens (including phenoxy) is 2. The van der Waals surface area contributed by atoms with E-state index in [-0.39, 0.29) is 19.1 Å². The normalized spacial score (nSPS) is 16.9. The van der Waals surface area contributed by atoms with Crippen molar-refractivity contribution in [2.24, 2.45) is 0 Å². The number of hydrogen-bond acceptors (Lipinski definition) is 4. The van der Waals surface area contributed by atoms with Gasteiger partial charge in [-0.05, 0) is 19.3 Å². The van der Waals surface area contributed by atoms with Crippen molar-refractivity contribution in [2.75, 3.05) is 33.4 Å². The third-order valence-electron chi connectivity index (χ3n) is 3.40. The maximum absolute atomic E-state index is 11.9. The van der Waals surface area contributed by atoms with Crippen molar-refractivity contribution in [3.8, 4) is 0 Å². The number of methoxy groups -OCH3 is 1. The zero-order valence-corrected chi connectivity index (χ0v) is 11.7. The molecule has 0 aromatic carbocycles. The topological polar surface area (TPSA) is 38.8 Å². The molecule has 0 amide bonds. The minimum Gasteiger partial charge on any atom is -0.468 e. The Morgan fingerprint density at radius 3 is 2.50 bits per heavy atom. The van der Waals surface area contributed by atoms with Crippen LogP contribution in [-0.4, -0.2) is 56.5 Å². The number of carbonyl (C=O) groups excluding carboxylic acids is 1. The summed E-state index contributed by atoms with van der Waals surface area (Å²) in [5, 5.41) is 0. The molecule has 7 heteroatoms. The Balaban J connectivity index is 2.27. The smallest absolute Gasteiger partial charge is 0.411 e. The molecule has 1 aliphatic rings. The third kappa shape index (κ3) is 7.09. The highest BCUT2D eigenvalue weighted by molar-refractivity contribution is 5.71. The van der Waals surface area contributed by atoms with Crippen molar-refractivity contribution >= 4 is 5.97 Å². The molecule has 4 nitrogen and oxygen atoms in total. The van der Waals surface area contributed by atoms with Crippen LogP contribution in [0.4, 0.5) is 13.2 Å². The molecule has 0 aliphatic heterocycles. The standard InChI is InChI=1S/C13H22F3NO3/c1-19-12(18)9-17(11-5-2-3-6-11)7-4-8-20-10-13(14,15)16/h11H,2-10H2,1H3. The average molecular weight is 297 g/mol. The third-order valence-corrected chi connectivity index (χ3v) is 3.40. The molecular formula is C13H22F3NO3. The van der Waals surface area contributed by atoms with Crippen LogP contribution in [0.15, 0.2) is 0 Å². The number of esters is 1. The first-order chi connectivity index (χ1) is 9.42. The lowest BCUT2D eigenvalue weighted by molar-refractivity contribution is -0.174. The van der Waals surface area contributed by atoms with Crippen LogP contribution in [0.5, 0.6) is 0 Å². The Morgan fingerprint density at radius 2 is 1.95 bits per heavy atom. The zero-order chi connectivity index (χ0) is 15.0. The molecule has 0 aromatic rings. The van der Waals surface area contributed by atoms with Crippen LogP contribution >= 0.6 is 0 Å². The number of halogens is 3. The van der Waals surface area contributed by atoms with Gasteiger partial charge < -0.3 is 9.47 Å². The Hall–Kier alpha value is -0.820. The summed E-state index contributed by atoms with van der Waals surface area (Å²) in [6.45, 7) is -0.421. The number of alkyl halides is 3. The van der Waals surface area contributed by atoms with E-state index in [0.717, 1.165) is 25.7 Å². The highest BCUT2D eigenvalue weighted by Crippen LogP contribution is 2.23. The van der Waals surface area contributed by atoms with E-state index < -0.39 is 12.8 Å². The van der Waals surface area contributed by atoms with E-state index in [1.165, 1.54) is 7.11 Å². The van der Waals surface area contributed by atoms with Crippen LogP contribution in [0.25, 0.3) is 0 Å². The molecule has 0 atom stereocenters. The molecule has 0 bridgehead atoms. The minimum atomic E-state index is -4.28. The molecule has 0 heterocycles. The number of nitrogens with zero attached hydrogens (tertiary/aromatic N) is 1. The fourth-order valence-corrected chi connectivity index (χ4v) is 2.45. The summed E-state index contributed by atoms with van der Waals surface area (Å²) in [5.41, 5.74) is 0. The van der Waals surface area contributed by atoms with Gasteiger partial charge in [-0.25, -0.2) is 0 Å². The van der Waals surface area contributed by atoms with Crippen LogP contribution in [0, 0.1) is 0 Å². The number of carbonyl (C=O) groups is 1. The highest BCUT2D eigenvalue weighted by Gasteiger charge is 2.27. The van der Waals surface area contributed by atoms with Gasteiger partial charge in [-0.2, -0.15) is 13.2 Å². The summed E-state index contributed by atoms with van der Waals surface area (Å²) in [5.74, 6) is -0.312. The molecule has 0 aromatic heterocycles. The van der Waals surface area contributed by atoms with Crippen molar-refractivity contribution in [1.29, 1.82) is 0 Å². The van der Waals surface area contributed by atoms with Gasteiger partial charge in [-0.3, -0.25) is 9.69 Å². The number of rotatable bonds is 8. The molecule has 1 fully saturated rings. The second-order valence-electron chi connectivity index (χ2n) is 5.01. The summed E-state index contributed by atoms with van der Waals surface area (Å²) in [6, 6.07) is 0.330. The fourth-order valence-electron chi connectivity index (χ4n) is 2.45. The Kier molecular flexibility index (Phi) is 7.29. The van der Waals surface area contributed by atoms with Crippen LogP contribution in [-0.2, 0) is 14.3 Å². The molecule has 20 heavy (non-hydrogen) atoms. The lowest BCUT2D eigenvalue weighted by Crippen LogP contribution is -2.39. The summed E-state index contributed by atoms with van der Waals surface area (Å²) < 4.78 is 45.0. The van der Waals surface area contributed by atoms with Crippen molar-refractivity contribution in [2.45, 2.75) is 44.3 Å². The van der Waals surface area contributed by atoms with E-state index in [2.05, 4.69) is 9.47 Å². The Labute approximate surface area is 117 Å². The van der Waals surface area contributed by atoms with Gasteiger partial charge in [-0.15, -0.1) is 0 Å². The van der Waals surface area contributed by atoms with Crippen LogP contribution in [0.1, 0.15) is 32.1 Å². The molecule has 1 aliphatic carbocycles. The van der Waals surface area contributed by atoms with Crippen molar-refractivity contribution in [1.82, 2.24) is 4.90 Å². The Bertz CT molecular complexity index is 291. The Morgan fingerprint density at radius 1 is 1.30 bits per heavy atom. The van der Waals surface area contributed by atoms with E-state index in [0.29, 0.717) is 19.0 Å².